The summed E-state index contributed by atoms with van der Waals surface area (Å²) >= 11 is 6.08. The Morgan fingerprint density at radius 1 is 1.07 bits per heavy atom. The second-order valence-electron chi connectivity index (χ2n) is 7.50. The number of carbonyl (C=O) groups is 2. The Morgan fingerprint density at radius 2 is 1.79 bits per heavy atom. The third-order valence-electron chi connectivity index (χ3n) is 5.23. The molecular formula is C24H31ClN2O2. The second kappa shape index (κ2) is 11.0. The summed E-state index contributed by atoms with van der Waals surface area (Å²) in [5.74, 6) is -0.184. The van der Waals surface area contributed by atoms with Crippen molar-refractivity contribution < 1.29 is 9.59 Å². The van der Waals surface area contributed by atoms with Crippen LogP contribution in [0.5, 0.6) is 0 Å². The van der Waals surface area contributed by atoms with Gasteiger partial charge in [-0.05, 0) is 55.5 Å². The minimum atomic E-state index is -0.518. The van der Waals surface area contributed by atoms with Crippen LogP contribution in [-0.4, -0.2) is 28.8 Å². The topological polar surface area (TPSA) is 49.4 Å². The molecule has 2 aromatic carbocycles. The van der Waals surface area contributed by atoms with Gasteiger partial charge >= 0.3 is 0 Å². The molecule has 0 radical (unpaired) electrons. The number of hydrogen-bond acceptors (Lipinski definition) is 2. The molecular weight excluding hydrogens is 384 g/mol. The average Bonchev–Trinajstić information content (AvgIpc) is 2.69. The van der Waals surface area contributed by atoms with Gasteiger partial charge in [0.25, 0.3) is 0 Å². The van der Waals surface area contributed by atoms with Crippen molar-refractivity contribution in [3.8, 4) is 0 Å². The number of benzene rings is 2. The molecule has 2 atom stereocenters. The third kappa shape index (κ3) is 6.60. The first-order valence-electron chi connectivity index (χ1n) is 10.2. The summed E-state index contributed by atoms with van der Waals surface area (Å²) in [4.78, 5) is 28.0. The van der Waals surface area contributed by atoms with E-state index in [1.807, 2.05) is 64.1 Å². The zero-order chi connectivity index (χ0) is 21.4. The highest BCUT2D eigenvalue weighted by atomic mass is 35.5. The summed E-state index contributed by atoms with van der Waals surface area (Å²) in [6, 6.07) is 14.8. The van der Waals surface area contributed by atoms with Gasteiger partial charge in [-0.1, -0.05) is 61.8 Å². The lowest BCUT2D eigenvalue weighted by Crippen LogP contribution is -2.51. The fourth-order valence-electron chi connectivity index (χ4n) is 3.25. The lowest BCUT2D eigenvalue weighted by Gasteiger charge is -2.32. The van der Waals surface area contributed by atoms with Crippen LogP contribution in [0.3, 0.4) is 0 Å². The zero-order valence-corrected chi connectivity index (χ0v) is 18.5. The van der Waals surface area contributed by atoms with Crippen LogP contribution >= 0.6 is 11.6 Å². The van der Waals surface area contributed by atoms with Crippen molar-refractivity contribution >= 4 is 23.4 Å². The molecule has 0 bridgehead atoms. The summed E-state index contributed by atoms with van der Waals surface area (Å²) in [5.41, 5.74) is 2.99. The Bertz CT molecular complexity index is 837. The van der Waals surface area contributed by atoms with Gasteiger partial charge in [0, 0.05) is 17.6 Å². The SMILES string of the molecule is CC[C@@H](C)NC(=O)[C@H](CC)N(Cc1ccccc1C)C(=O)Cc1cccc(Cl)c1. The van der Waals surface area contributed by atoms with Crippen molar-refractivity contribution in [2.75, 3.05) is 0 Å². The van der Waals surface area contributed by atoms with Crippen LogP contribution in [0.25, 0.3) is 0 Å². The van der Waals surface area contributed by atoms with Gasteiger partial charge in [-0.3, -0.25) is 9.59 Å². The molecule has 0 fully saturated rings. The molecule has 0 aliphatic carbocycles. The highest BCUT2D eigenvalue weighted by Gasteiger charge is 2.29. The maximum atomic E-state index is 13.3. The maximum absolute atomic E-state index is 13.3. The van der Waals surface area contributed by atoms with Crippen LogP contribution in [0.2, 0.25) is 5.02 Å². The number of halogens is 1. The molecule has 2 aromatic rings. The first kappa shape index (κ1) is 23.0. The molecule has 4 nitrogen and oxygen atoms in total. The number of nitrogens with zero attached hydrogens (tertiary/aromatic N) is 1. The lowest BCUT2D eigenvalue weighted by atomic mass is 10.0. The number of rotatable bonds is 9. The predicted molar refractivity (Wildman–Crippen MR) is 119 cm³/mol. The fourth-order valence-corrected chi connectivity index (χ4v) is 3.47. The lowest BCUT2D eigenvalue weighted by molar-refractivity contribution is -0.141. The van der Waals surface area contributed by atoms with E-state index in [0.717, 1.165) is 23.1 Å². The van der Waals surface area contributed by atoms with Crippen LogP contribution in [0, 0.1) is 6.92 Å². The van der Waals surface area contributed by atoms with Crippen molar-refractivity contribution in [2.45, 2.75) is 65.6 Å². The summed E-state index contributed by atoms with van der Waals surface area (Å²) in [6.07, 6.45) is 1.60. The van der Waals surface area contributed by atoms with Crippen molar-refractivity contribution in [1.29, 1.82) is 0 Å². The van der Waals surface area contributed by atoms with Gasteiger partial charge < -0.3 is 10.2 Å². The monoisotopic (exact) mass is 414 g/mol. The summed E-state index contributed by atoms with van der Waals surface area (Å²) in [6.45, 7) is 8.37. The van der Waals surface area contributed by atoms with Crippen LogP contribution < -0.4 is 5.32 Å². The van der Waals surface area contributed by atoms with E-state index in [9.17, 15) is 9.59 Å². The van der Waals surface area contributed by atoms with E-state index in [-0.39, 0.29) is 24.3 Å². The van der Waals surface area contributed by atoms with Crippen LogP contribution in [0.4, 0.5) is 0 Å². The Balaban J connectivity index is 2.31. The van der Waals surface area contributed by atoms with Gasteiger partial charge in [0.1, 0.15) is 6.04 Å². The van der Waals surface area contributed by atoms with Gasteiger partial charge in [-0.15, -0.1) is 0 Å². The molecule has 29 heavy (non-hydrogen) atoms. The predicted octanol–water partition coefficient (Wildman–Crippen LogP) is 4.91. The highest BCUT2D eigenvalue weighted by Crippen LogP contribution is 2.18. The van der Waals surface area contributed by atoms with Crippen molar-refractivity contribution in [3.63, 3.8) is 0 Å². The van der Waals surface area contributed by atoms with Crippen molar-refractivity contribution in [2.24, 2.45) is 0 Å². The van der Waals surface area contributed by atoms with Crippen molar-refractivity contribution in [1.82, 2.24) is 10.2 Å². The Hall–Kier alpha value is -2.33. The van der Waals surface area contributed by atoms with Gasteiger partial charge in [-0.2, -0.15) is 0 Å². The van der Waals surface area contributed by atoms with Gasteiger partial charge in [0.05, 0.1) is 6.42 Å². The quantitative estimate of drug-likeness (QED) is 0.633. The molecule has 156 valence electrons. The molecule has 0 saturated carbocycles. The van der Waals surface area contributed by atoms with Crippen LogP contribution in [-0.2, 0) is 22.6 Å². The number of carbonyl (C=O) groups excluding carboxylic acids is 2. The maximum Gasteiger partial charge on any atom is 0.243 e. The van der Waals surface area contributed by atoms with Crippen LogP contribution in [0.15, 0.2) is 48.5 Å². The first-order valence-corrected chi connectivity index (χ1v) is 10.6. The minimum absolute atomic E-state index is 0.0693. The van der Waals surface area contributed by atoms with Crippen LogP contribution in [0.1, 0.15) is 50.3 Å². The molecule has 0 aromatic heterocycles. The van der Waals surface area contributed by atoms with Gasteiger partial charge in [-0.25, -0.2) is 0 Å². The normalized spacial score (nSPS) is 12.9. The van der Waals surface area contributed by atoms with E-state index in [4.69, 9.17) is 11.6 Å². The molecule has 1 N–H and O–H groups in total. The second-order valence-corrected chi connectivity index (χ2v) is 7.93. The average molecular weight is 415 g/mol. The molecule has 0 heterocycles. The molecule has 2 amide bonds. The molecule has 5 heteroatoms. The standard InChI is InChI=1S/C24H31ClN2O2/c1-5-18(4)26-24(29)22(6-2)27(16-20-12-8-7-10-17(20)3)23(28)15-19-11-9-13-21(25)14-19/h7-14,18,22H,5-6,15-16H2,1-4H3,(H,26,29)/t18-,22+/m1/s1. The summed E-state index contributed by atoms with van der Waals surface area (Å²) in [5, 5.41) is 3.63. The third-order valence-corrected chi connectivity index (χ3v) is 5.47. The first-order chi connectivity index (χ1) is 13.8. The molecule has 0 spiro atoms. The van der Waals surface area contributed by atoms with Gasteiger partial charge in [0.2, 0.25) is 11.8 Å². The summed E-state index contributed by atoms with van der Waals surface area (Å²) in [7, 11) is 0. The van der Waals surface area contributed by atoms with E-state index in [1.165, 1.54) is 0 Å². The largest absolute Gasteiger partial charge is 0.352 e. The smallest absolute Gasteiger partial charge is 0.243 e. The molecule has 2 rings (SSSR count). The number of nitrogens with one attached hydrogen (secondary N) is 1. The summed E-state index contributed by atoms with van der Waals surface area (Å²) < 4.78 is 0. The minimum Gasteiger partial charge on any atom is -0.352 e. The molecule has 0 aliphatic rings. The number of hydrogen-bond donors (Lipinski definition) is 1. The van der Waals surface area contributed by atoms with E-state index in [1.54, 1.807) is 17.0 Å². The van der Waals surface area contributed by atoms with E-state index < -0.39 is 6.04 Å². The van der Waals surface area contributed by atoms with Crippen molar-refractivity contribution in [3.05, 3.63) is 70.2 Å². The molecule has 0 saturated heterocycles. The van der Waals surface area contributed by atoms with E-state index >= 15 is 0 Å². The number of aryl methyl sites for hydroxylation is 1. The van der Waals surface area contributed by atoms with E-state index in [0.29, 0.717) is 18.0 Å². The Labute approximate surface area is 179 Å². The molecule has 0 aliphatic heterocycles. The highest BCUT2D eigenvalue weighted by molar-refractivity contribution is 6.30. The fraction of sp³-hybridized carbons (Fsp3) is 0.417. The Morgan fingerprint density at radius 3 is 2.41 bits per heavy atom. The number of amides is 2. The Kier molecular flexibility index (Phi) is 8.71. The van der Waals surface area contributed by atoms with E-state index in [2.05, 4.69) is 5.32 Å². The van der Waals surface area contributed by atoms with Gasteiger partial charge in [0.15, 0.2) is 0 Å². The molecule has 0 unspecified atom stereocenters. The zero-order valence-electron chi connectivity index (χ0n) is 17.7.